The van der Waals surface area contributed by atoms with Crippen molar-refractivity contribution in [3.8, 4) is 0 Å². The van der Waals surface area contributed by atoms with Gasteiger partial charge >= 0.3 is 5.97 Å². The Balaban J connectivity index is 2.36. The summed E-state index contributed by atoms with van der Waals surface area (Å²) in [7, 11) is 3.48. The van der Waals surface area contributed by atoms with E-state index >= 15 is 0 Å². The van der Waals surface area contributed by atoms with Crippen LogP contribution in [0.25, 0.3) is 0 Å². The molecule has 1 heterocycles. The summed E-state index contributed by atoms with van der Waals surface area (Å²) in [5.74, 6) is -0.336. The molecule has 1 aromatic heterocycles. The maximum atomic E-state index is 11.2. The maximum Gasteiger partial charge on any atom is 0.349 e. The molecule has 1 rings (SSSR count). The van der Waals surface area contributed by atoms with E-state index in [1.54, 1.807) is 0 Å². The van der Waals surface area contributed by atoms with Crippen molar-refractivity contribution in [1.82, 2.24) is 9.88 Å². The predicted octanol–water partition coefficient (Wildman–Crippen LogP) is 2.07. The lowest BCUT2D eigenvalue weighted by molar-refractivity contribution is 0.0606. The first-order valence-corrected chi connectivity index (χ1v) is 6.88. The van der Waals surface area contributed by atoms with Gasteiger partial charge in [-0.25, -0.2) is 9.78 Å². The van der Waals surface area contributed by atoms with Crippen LogP contribution in [0.2, 0.25) is 0 Å². The number of ether oxygens (including phenoxy) is 1. The van der Waals surface area contributed by atoms with Crippen LogP contribution in [0.1, 0.15) is 29.9 Å². The van der Waals surface area contributed by atoms with Gasteiger partial charge in [0, 0.05) is 19.1 Å². The fourth-order valence-electron chi connectivity index (χ4n) is 1.42. The van der Waals surface area contributed by atoms with E-state index < -0.39 is 0 Å². The molecule has 18 heavy (non-hydrogen) atoms. The van der Waals surface area contributed by atoms with Gasteiger partial charge < -0.3 is 15.0 Å². The van der Waals surface area contributed by atoms with Crippen LogP contribution in [0.15, 0.2) is 6.20 Å². The molecule has 0 radical (unpaired) electrons. The van der Waals surface area contributed by atoms with Crippen LogP contribution < -0.4 is 5.32 Å². The van der Waals surface area contributed by atoms with E-state index in [2.05, 4.69) is 40.8 Å². The van der Waals surface area contributed by atoms with E-state index in [4.69, 9.17) is 0 Å². The molecule has 1 atom stereocenters. The summed E-state index contributed by atoms with van der Waals surface area (Å²) in [4.78, 5) is 18.2. The number of methoxy groups -OCH3 is 1. The number of carbonyl (C=O) groups is 1. The number of anilines is 1. The SMILES string of the molecule is CCC(C)N(C)CCNc1ncc(C(=O)OC)s1. The highest BCUT2D eigenvalue weighted by Crippen LogP contribution is 2.18. The number of carbonyl (C=O) groups excluding carboxylic acids is 1. The minimum absolute atomic E-state index is 0.336. The number of thiazole rings is 1. The van der Waals surface area contributed by atoms with Gasteiger partial charge in [-0.2, -0.15) is 0 Å². The van der Waals surface area contributed by atoms with Crippen LogP contribution in [0.5, 0.6) is 0 Å². The van der Waals surface area contributed by atoms with Crippen LogP contribution >= 0.6 is 11.3 Å². The summed E-state index contributed by atoms with van der Waals surface area (Å²) in [5.41, 5.74) is 0. The van der Waals surface area contributed by atoms with Gasteiger partial charge in [-0.15, -0.1) is 0 Å². The molecule has 1 aromatic rings. The number of hydrogen-bond donors (Lipinski definition) is 1. The average molecular weight is 271 g/mol. The lowest BCUT2D eigenvalue weighted by Crippen LogP contribution is -2.32. The third kappa shape index (κ3) is 4.27. The van der Waals surface area contributed by atoms with Crippen LogP contribution in [0.4, 0.5) is 5.13 Å². The summed E-state index contributed by atoms with van der Waals surface area (Å²) in [5, 5.41) is 3.97. The Morgan fingerprint density at radius 3 is 3.00 bits per heavy atom. The summed E-state index contributed by atoms with van der Waals surface area (Å²) >= 11 is 1.32. The van der Waals surface area contributed by atoms with E-state index in [1.165, 1.54) is 24.6 Å². The van der Waals surface area contributed by atoms with Crippen molar-refractivity contribution in [2.75, 3.05) is 32.6 Å². The monoisotopic (exact) mass is 271 g/mol. The van der Waals surface area contributed by atoms with Gasteiger partial charge in [0.2, 0.25) is 0 Å². The number of hydrogen-bond acceptors (Lipinski definition) is 6. The van der Waals surface area contributed by atoms with Crippen molar-refractivity contribution in [1.29, 1.82) is 0 Å². The lowest BCUT2D eigenvalue weighted by atomic mass is 10.2. The van der Waals surface area contributed by atoms with Crippen molar-refractivity contribution in [3.05, 3.63) is 11.1 Å². The quantitative estimate of drug-likeness (QED) is 0.769. The highest BCUT2D eigenvalue weighted by Gasteiger charge is 2.10. The highest BCUT2D eigenvalue weighted by atomic mass is 32.1. The van der Waals surface area contributed by atoms with E-state index in [0.29, 0.717) is 10.9 Å². The van der Waals surface area contributed by atoms with Gasteiger partial charge in [0.05, 0.1) is 13.3 Å². The number of likely N-dealkylation sites (N-methyl/N-ethyl adjacent to an activating group) is 1. The van der Waals surface area contributed by atoms with Gasteiger partial charge in [-0.1, -0.05) is 18.3 Å². The second kappa shape index (κ2) is 7.33. The Bertz CT molecular complexity index is 381. The molecule has 0 amide bonds. The number of nitrogens with zero attached hydrogens (tertiary/aromatic N) is 2. The zero-order valence-electron chi connectivity index (χ0n) is 11.4. The minimum Gasteiger partial charge on any atom is -0.465 e. The first kappa shape index (κ1) is 14.9. The molecule has 0 spiro atoms. The molecule has 102 valence electrons. The Morgan fingerprint density at radius 1 is 1.67 bits per heavy atom. The Morgan fingerprint density at radius 2 is 2.39 bits per heavy atom. The summed E-state index contributed by atoms with van der Waals surface area (Å²) in [6.45, 7) is 6.15. The lowest BCUT2D eigenvalue weighted by Gasteiger charge is -2.23. The first-order chi connectivity index (χ1) is 8.58. The van der Waals surface area contributed by atoms with Gasteiger partial charge in [0.25, 0.3) is 0 Å². The van der Waals surface area contributed by atoms with Crippen molar-refractivity contribution in [3.63, 3.8) is 0 Å². The van der Waals surface area contributed by atoms with Crippen LogP contribution in [0, 0.1) is 0 Å². The Kier molecular flexibility index (Phi) is 6.07. The number of esters is 1. The van der Waals surface area contributed by atoms with Crippen LogP contribution in [-0.4, -0.2) is 49.1 Å². The molecular weight excluding hydrogens is 250 g/mol. The standard InChI is InChI=1S/C12H21N3O2S/c1-5-9(2)15(3)7-6-13-12-14-8-10(18-12)11(16)17-4/h8-9H,5-7H2,1-4H3,(H,13,14). The first-order valence-electron chi connectivity index (χ1n) is 6.06. The third-order valence-corrected chi connectivity index (χ3v) is 3.91. The van der Waals surface area contributed by atoms with E-state index in [0.717, 1.165) is 24.6 Å². The number of rotatable bonds is 7. The molecule has 5 nitrogen and oxygen atoms in total. The van der Waals surface area contributed by atoms with Gasteiger partial charge in [0.15, 0.2) is 5.13 Å². The Hall–Kier alpha value is -1.14. The third-order valence-electron chi connectivity index (χ3n) is 2.98. The van der Waals surface area contributed by atoms with E-state index in [1.807, 2.05) is 0 Å². The second-order valence-electron chi connectivity index (χ2n) is 4.19. The fraction of sp³-hybridized carbons (Fsp3) is 0.667. The summed E-state index contributed by atoms with van der Waals surface area (Å²) in [6.07, 6.45) is 2.68. The molecule has 6 heteroatoms. The largest absolute Gasteiger partial charge is 0.465 e. The minimum atomic E-state index is -0.336. The number of aromatic nitrogens is 1. The van der Waals surface area contributed by atoms with Crippen molar-refractivity contribution >= 4 is 22.4 Å². The highest BCUT2D eigenvalue weighted by molar-refractivity contribution is 7.17. The van der Waals surface area contributed by atoms with Gasteiger partial charge in [-0.3, -0.25) is 0 Å². The molecule has 0 fully saturated rings. The normalized spacial score (nSPS) is 12.5. The van der Waals surface area contributed by atoms with Crippen molar-refractivity contribution in [2.24, 2.45) is 0 Å². The molecule has 0 bridgehead atoms. The van der Waals surface area contributed by atoms with Crippen LogP contribution in [-0.2, 0) is 4.74 Å². The maximum absolute atomic E-state index is 11.2. The molecule has 0 aromatic carbocycles. The molecule has 0 saturated carbocycles. The van der Waals surface area contributed by atoms with Crippen molar-refractivity contribution in [2.45, 2.75) is 26.3 Å². The molecule has 1 N–H and O–H groups in total. The zero-order valence-corrected chi connectivity index (χ0v) is 12.2. The second-order valence-corrected chi connectivity index (χ2v) is 5.22. The summed E-state index contributed by atoms with van der Waals surface area (Å²) < 4.78 is 4.63. The molecule has 0 aliphatic rings. The number of nitrogens with one attached hydrogen (secondary N) is 1. The molecular formula is C12H21N3O2S. The van der Waals surface area contributed by atoms with Crippen molar-refractivity contribution < 1.29 is 9.53 Å². The molecule has 1 unspecified atom stereocenters. The van der Waals surface area contributed by atoms with Gasteiger partial charge in [-0.05, 0) is 20.4 Å². The zero-order chi connectivity index (χ0) is 13.5. The van der Waals surface area contributed by atoms with Crippen LogP contribution in [0.3, 0.4) is 0 Å². The fourth-order valence-corrected chi connectivity index (χ4v) is 2.18. The smallest absolute Gasteiger partial charge is 0.349 e. The predicted molar refractivity (Wildman–Crippen MR) is 74.3 cm³/mol. The van der Waals surface area contributed by atoms with E-state index in [-0.39, 0.29) is 5.97 Å². The Labute approximate surface area is 112 Å². The van der Waals surface area contributed by atoms with Gasteiger partial charge in [0.1, 0.15) is 4.88 Å². The summed E-state index contributed by atoms with van der Waals surface area (Å²) in [6, 6.07) is 0.578. The molecule has 0 aliphatic heterocycles. The average Bonchev–Trinajstić information content (AvgIpc) is 2.85. The van der Waals surface area contributed by atoms with E-state index in [9.17, 15) is 4.79 Å². The molecule has 0 aliphatic carbocycles. The topological polar surface area (TPSA) is 54.5 Å². The molecule has 0 saturated heterocycles.